The summed E-state index contributed by atoms with van der Waals surface area (Å²) in [6, 6.07) is 59.1. The summed E-state index contributed by atoms with van der Waals surface area (Å²) >= 11 is 3.54. The molecule has 0 amide bonds. The van der Waals surface area contributed by atoms with Crippen LogP contribution in [0.2, 0.25) is 0 Å². The maximum absolute atomic E-state index is 12.1. The van der Waals surface area contributed by atoms with E-state index in [1.807, 2.05) is 134 Å². The van der Waals surface area contributed by atoms with Gasteiger partial charge in [-0.1, -0.05) is 139 Å². The van der Waals surface area contributed by atoms with Crippen LogP contribution in [0, 0.1) is 0 Å². The number of carboxylic acids is 1. The van der Waals surface area contributed by atoms with Crippen LogP contribution in [0.1, 0.15) is 140 Å². The third kappa shape index (κ3) is 24.3. The molecule has 556 valence electrons. The van der Waals surface area contributed by atoms with Gasteiger partial charge in [0.25, 0.3) is 0 Å². The molecule has 0 aliphatic heterocycles. The van der Waals surface area contributed by atoms with Crippen LogP contribution in [0.15, 0.2) is 219 Å². The second-order valence-corrected chi connectivity index (χ2v) is 26.8. The molecule has 10 N–H and O–H groups in total. The number of hydrogen-bond acceptors (Lipinski definition) is 17. The molecule has 12 aromatic rings. The van der Waals surface area contributed by atoms with Crippen molar-refractivity contribution in [3.63, 3.8) is 0 Å². The van der Waals surface area contributed by atoms with E-state index in [1.165, 1.54) is 5.56 Å². The Morgan fingerprint density at radius 2 is 0.804 bits per heavy atom. The molecule has 3 aromatic heterocycles. The molecule has 0 spiro atoms. The second kappa shape index (κ2) is 42.2. The molecule has 3 heterocycles. The van der Waals surface area contributed by atoms with Gasteiger partial charge in [-0.3, -0.25) is 14.4 Å². The minimum atomic E-state index is -1.40. The van der Waals surface area contributed by atoms with E-state index in [2.05, 4.69) is 93.9 Å². The largest absolute Gasteiger partial charge is 1.00 e. The number of carbonyl (C=O) groups is 3. The SMILES string of the molecule is CC(C)c1ccc(CC(=O)O)c(OCc2cc(-c3cccc(CN)c3)c3occc3c2)c1.CCOC(=O)Cc1ccc(C(C)C)cc1OCc1cc(-c2cccc(CN)c2)c2occc2c1.CCOC(=O)Cc1ccc(C(C)C)cc1OCc1cc(Br)c2occc2c1.Cl.NCc1cccc(B(O)O)c1.[Li+].[OH-]. The normalized spacial score (nSPS) is 10.7. The summed E-state index contributed by atoms with van der Waals surface area (Å²) in [5.41, 5.74) is 35.8. The second-order valence-electron chi connectivity index (χ2n) is 26.0. The molecular weight excluding hydrogens is 1440 g/mol. The van der Waals surface area contributed by atoms with Crippen LogP contribution in [0.25, 0.3) is 55.2 Å². The van der Waals surface area contributed by atoms with Gasteiger partial charge in [0.05, 0.1) is 55.7 Å². The predicted octanol–water partition coefficient (Wildman–Crippen LogP) is 14.3. The molecule has 0 unspecified atom stereocenters. The van der Waals surface area contributed by atoms with Crippen molar-refractivity contribution in [3.05, 3.63) is 272 Å². The first-order valence-corrected chi connectivity index (χ1v) is 35.6. The summed E-state index contributed by atoms with van der Waals surface area (Å²) in [6.07, 6.45) is 5.36. The number of esters is 2. The Hall–Kier alpha value is -9.40. The monoisotopic (exact) mass is 1530 g/mol. The average molecular weight is 1530 g/mol. The van der Waals surface area contributed by atoms with Crippen LogP contribution in [0.5, 0.6) is 17.2 Å². The van der Waals surface area contributed by atoms with Gasteiger partial charge < -0.3 is 74.8 Å². The Kier molecular flexibility index (Phi) is 34.1. The predicted molar refractivity (Wildman–Crippen MR) is 423 cm³/mol. The fourth-order valence-corrected chi connectivity index (χ4v) is 12.3. The maximum atomic E-state index is 12.1. The number of fused-ring (bicyclic) bond motifs is 3. The Morgan fingerprint density at radius 1 is 0.449 bits per heavy atom. The van der Waals surface area contributed by atoms with Crippen LogP contribution in [-0.4, -0.2) is 58.9 Å². The molecule has 107 heavy (non-hydrogen) atoms. The van der Waals surface area contributed by atoms with E-state index in [-0.39, 0.29) is 67.9 Å². The van der Waals surface area contributed by atoms with Crippen molar-refractivity contribution in [1.82, 2.24) is 0 Å². The van der Waals surface area contributed by atoms with Gasteiger partial charge in [-0.25, -0.2) is 0 Å². The minimum absolute atomic E-state index is 0. The fraction of sp³-hybridized carbons (Fsp3) is 0.259. The number of carboxylic acid groups (broad SMARTS) is 1. The third-order valence-electron chi connectivity index (χ3n) is 17.3. The van der Waals surface area contributed by atoms with Gasteiger partial charge in [-0.05, 0) is 199 Å². The van der Waals surface area contributed by atoms with Crippen molar-refractivity contribution in [3.8, 4) is 39.5 Å². The number of halogens is 2. The molecule has 22 heteroatoms. The van der Waals surface area contributed by atoms with Gasteiger partial charge in [-0.2, -0.15) is 0 Å². The molecule has 0 radical (unpaired) electrons. The first kappa shape index (κ1) is 86.5. The van der Waals surface area contributed by atoms with Crippen LogP contribution in [0.4, 0.5) is 0 Å². The number of hydrogen-bond donors (Lipinski definition) is 6. The molecule has 0 saturated carbocycles. The summed E-state index contributed by atoms with van der Waals surface area (Å²) in [4.78, 5) is 35.4. The van der Waals surface area contributed by atoms with Crippen LogP contribution < -0.4 is 55.7 Å². The minimum Gasteiger partial charge on any atom is -0.870 e. The van der Waals surface area contributed by atoms with Crippen molar-refractivity contribution in [2.75, 3.05) is 13.2 Å². The van der Waals surface area contributed by atoms with E-state index in [9.17, 15) is 19.5 Å². The smallest absolute Gasteiger partial charge is 0.870 e. The summed E-state index contributed by atoms with van der Waals surface area (Å²) in [7, 11) is -1.40. The number of ether oxygens (including phenoxy) is 5. The van der Waals surface area contributed by atoms with Crippen molar-refractivity contribution in [2.24, 2.45) is 17.2 Å². The molecule has 0 bridgehead atoms. The molecule has 0 fully saturated rings. The summed E-state index contributed by atoms with van der Waals surface area (Å²) in [5, 5.41) is 29.8. The number of carbonyl (C=O) groups excluding carboxylic acids is 2. The van der Waals surface area contributed by atoms with Gasteiger partial charge in [-0.15, -0.1) is 12.4 Å². The zero-order chi connectivity index (χ0) is 74.4. The van der Waals surface area contributed by atoms with Gasteiger partial charge in [0, 0.05) is 63.6 Å². The van der Waals surface area contributed by atoms with E-state index < -0.39 is 13.1 Å². The molecule has 0 aliphatic carbocycles. The van der Waals surface area contributed by atoms with Gasteiger partial charge in [0.2, 0.25) is 0 Å². The summed E-state index contributed by atoms with van der Waals surface area (Å²) in [5.74, 6) is 1.69. The van der Waals surface area contributed by atoms with Crippen molar-refractivity contribution in [2.45, 2.75) is 132 Å². The standard InChI is InChI=1S/C29H31NO4.C27H27NO4.C22H23BrO4.C7H10BNO2.ClH.Li.H2O/c1-4-32-28(31)16-24-9-8-22(19(2)3)15-27(24)34-18-21-13-25-10-11-33-29(25)26(14-21)23-7-5-6-20(12-23)17-30;1-17(2)20-6-7-22(14-26(29)30)25(13-20)32-16-19-11-23-8-9-31-27(23)24(12-19)21-5-3-4-18(10-21)15-28;1-4-25-21(24)12-17-6-5-16(14(2)3)11-20(17)27-13-15-9-18-7-8-26-22(18)19(23)10-15;9-5-6-2-1-3-7(4-6)8(10)11;;;/h5-15,19H,4,16-18,30H2,1-3H3;3-13,17H,14-16,28H2,1-2H3,(H,29,30);5-11,14H,4,12-13H2,1-3H3;1-4,10-11H,5,9H2;1H;;1H2/q;;;;;+1;/p-1. The molecule has 0 aliphatic rings. The Morgan fingerprint density at radius 3 is 1.17 bits per heavy atom. The quantitative estimate of drug-likeness (QED) is 0.0217. The number of benzene rings is 9. The van der Waals surface area contributed by atoms with Crippen LogP contribution >= 0.6 is 28.3 Å². The van der Waals surface area contributed by atoms with Gasteiger partial charge in [0.1, 0.15) is 53.8 Å². The van der Waals surface area contributed by atoms with Crippen molar-refractivity contribution >= 4 is 91.7 Å². The van der Waals surface area contributed by atoms with Crippen LogP contribution in [-0.2, 0) is 82.6 Å². The topological polar surface area (TPSA) is 306 Å². The van der Waals surface area contributed by atoms with E-state index in [0.717, 1.165) is 121 Å². The Balaban J connectivity index is 0.000000232. The number of aliphatic carboxylic acids is 1. The zero-order valence-corrected chi connectivity index (χ0v) is 64.3. The number of nitrogens with two attached hydrogens (primary N) is 3. The fourth-order valence-electron chi connectivity index (χ4n) is 11.7. The number of rotatable bonds is 26. The summed E-state index contributed by atoms with van der Waals surface area (Å²) < 4.78 is 46.7. The van der Waals surface area contributed by atoms with E-state index in [1.54, 1.807) is 43.9 Å². The zero-order valence-electron chi connectivity index (χ0n) is 61.9. The first-order valence-electron chi connectivity index (χ1n) is 34.8. The molecule has 9 aromatic carbocycles. The summed E-state index contributed by atoms with van der Waals surface area (Å²) in [6.45, 7) is 19.5. The van der Waals surface area contributed by atoms with E-state index in [0.29, 0.717) is 92.9 Å². The molecular formula is C85H93BBrClLiN3O15. The van der Waals surface area contributed by atoms with Gasteiger partial charge >= 0.3 is 43.9 Å². The average Bonchev–Trinajstić information content (AvgIpc) is 1.73. The maximum Gasteiger partial charge on any atom is 1.00 e. The molecule has 0 saturated heterocycles. The molecule has 0 atom stereocenters. The van der Waals surface area contributed by atoms with Crippen LogP contribution in [0.3, 0.4) is 0 Å². The van der Waals surface area contributed by atoms with Gasteiger partial charge in [0.15, 0.2) is 0 Å². The van der Waals surface area contributed by atoms with E-state index in [4.69, 9.17) is 64.2 Å². The Labute approximate surface area is 652 Å². The van der Waals surface area contributed by atoms with Crippen molar-refractivity contribution in [1.29, 1.82) is 0 Å². The number of furan rings is 3. The first-order chi connectivity index (χ1) is 50.1. The van der Waals surface area contributed by atoms with Crippen molar-refractivity contribution < 1.29 is 90.8 Å². The third-order valence-corrected chi connectivity index (χ3v) is 17.9. The molecule has 18 nitrogen and oxygen atoms in total. The Bertz CT molecular complexity index is 4880. The molecule has 12 rings (SSSR count). The van der Waals surface area contributed by atoms with E-state index >= 15 is 0 Å².